The van der Waals surface area contributed by atoms with Crippen LogP contribution in [0.1, 0.15) is 15.9 Å². The Morgan fingerprint density at radius 1 is 1.10 bits per heavy atom. The second-order valence-electron chi connectivity index (χ2n) is 6.87. The van der Waals surface area contributed by atoms with E-state index >= 15 is 0 Å². The highest BCUT2D eigenvalue weighted by molar-refractivity contribution is 8.15. The number of anilines is 1. The molecule has 6 nitrogen and oxygen atoms in total. The predicted molar refractivity (Wildman–Crippen MR) is 119 cm³/mol. The number of sulfone groups is 1. The monoisotopic (exact) mass is 469 g/mol. The summed E-state index contributed by atoms with van der Waals surface area (Å²) < 4.78 is 23.3. The van der Waals surface area contributed by atoms with Crippen LogP contribution < -0.4 is 10.6 Å². The number of carbonyl (C=O) groups is 1. The molecule has 2 aromatic rings. The number of amides is 1. The molecule has 2 heterocycles. The van der Waals surface area contributed by atoms with Crippen molar-refractivity contribution in [1.82, 2.24) is 5.32 Å². The fraction of sp³-hybridized carbons (Fsp3) is 0.263. The minimum atomic E-state index is -2.96. The van der Waals surface area contributed by atoms with E-state index in [0.717, 1.165) is 11.3 Å². The van der Waals surface area contributed by atoms with Crippen LogP contribution in [0.15, 0.2) is 47.5 Å². The number of amidine groups is 1. The number of benzene rings is 2. The lowest BCUT2D eigenvalue weighted by Crippen LogP contribution is -2.22. The van der Waals surface area contributed by atoms with Crippen molar-refractivity contribution in [3.8, 4) is 0 Å². The lowest BCUT2D eigenvalue weighted by Gasteiger charge is -2.09. The van der Waals surface area contributed by atoms with Crippen LogP contribution in [-0.2, 0) is 16.4 Å². The largest absolute Gasteiger partial charge is 0.348 e. The topological polar surface area (TPSA) is 87.6 Å². The molecule has 2 aliphatic heterocycles. The summed E-state index contributed by atoms with van der Waals surface area (Å²) in [5.41, 5.74) is 2.18. The van der Waals surface area contributed by atoms with Gasteiger partial charge in [0.1, 0.15) is 0 Å². The summed E-state index contributed by atoms with van der Waals surface area (Å²) in [5, 5.41) is 7.66. The molecular weight excluding hydrogens is 453 g/mol. The molecule has 0 radical (unpaired) electrons. The molecule has 1 amide bonds. The van der Waals surface area contributed by atoms with Gasteiger partial charge < -0.3 is 10.6 Å². The first-order valence-electron chi connectivity index (χ1n) is 8.83. The van der Waals surface area contributed by atoms with E-state index in [-0.39, 0.29) is 28.7 Å². The Morgan fingerprint density at radius 2 is 1.86 bits per heavy atom. The maximum absolute atomic E-state index is 12.3. The molecule has 2 aliphatic rings. The minimum Gasteiger partial charge on any atom is -0.348 e. The Labute approximate surface area is 183 Å². The number of rotatable bonds is 4. The van der Waals surface area contributed by atoms with Crippen molar-refractivity contribution >= 4 is 61.6 Å². The molecule has 29 heavy (non-hydrogen) atoms. The second-order valence-corrected chi connectivity index (χ2v) is 11.1. The van der Waals surface area contributed by atoms with Gasteiger partial charge >= 0.3 is 0 Å². The first-order chi connectivity index (χ1) is 13.8. The molecule has 0 saturated carbocycles. The SMILES string of the molecule is O=C(NCc1ccc(Cl)c(Cl)c1)c1ccc(NC2=NC3CS(=O)(=O)CC3S2)cc1. The highest BCUT2D eigenvalue weighted by Crippen LogP contribution is 2.34. The second kappa shape index (κ2) is 8.18. The number of nitrogens with zero attached hydrogens (tertiary/aromatic N) is 1. The average Bonchev–Trinajstić information content (AvgIpc) is 3.15. The van der Waals surface area contributed by atoms with E-state index in [0.29, 0.717) is 27.3 Å². The number of thioether (sulfide) groups is 1. The lowest BCUT2D eigenvalue weighted by atomic mass is 10.1. The van der Waals surface area contributed by atoms with Gasteiger partial charge in [0.25, 0.3) is 5.91 Å². The molecule has 0 aliphatic carbocycles. The van der Waals surface area contributed by atoms with E-state index in [4.69, 9.17) is 23.2 Å². The summed E-state index contributed by atoms with van der Waals surface area (Å²) in [5.74, 6) is 0.0953. The van der Waals surface area contributed by atoms with Gasteiger partial charge in [-0.2, -0.15) is 0 Å². The number of fused-ring (bicyclic) bond motifs is 1. The van der Waals surface area contributed by atoms with Gasteiger partial charge in [-0.1, -0.05) is 41.0 Å². The average molecular weight is 470 g/mol. The Balaban J connectivity index is 1.33. The number of halogens is 2. The van der Waals surface area contributed by atoms with E-state index < -0.39 is 9.84 Å². The zero-order valence-electron chi connectivity index (χ0n) is 15.1. The molecule has 10 heteroatoms. The van der Waals surface area contributed by atoms with Gasteiger partial charge in [-0.25, -0.2) is 8.42 Å². The highest BCUT2D eigenvalue weighted by Gasteiger charge is 2.42. The number of hydrogen-bond donors (Lipinski definition) is 2. The van der Waals surface area contributed by atoms with E-state index in [9.17, 15) is 13.2 Å². The van der Waals surface area contributed by atoms with Gasteiger partial charge in [0.2, 0.25) is 0 Å². The third kappa shape index (κ3) is 4.88. The maximum Gasteiger partial charge on any atom is 0.251 e. The molecule has 4 rings (SSSR count). The summed E-state index contributed by atoms with van der Waals surface area (Å²) in [6.07, 6.45) is 0. The van der Waals surface area contributed by atoms with E-state index in [1.807, 2.05) is 6.07 Å². The van der Waals surface area contributed by atoms with Crippen molar-refractivity contribution in [2.45, 2.75) is 17.8 Å². The standard InChI is InChI=1S/C19H17Cl2N3O3S2/c20-14-6-1-11(7-15(14)21)8-22-18(25)12-2-4-13(5-3-12)23-19-24-16-9-29(26,27)10-17(16)28-19/h1-7,16-17H,8-10H2,(H,22,25)(H,23,24). The number of hydrogen-bond acceptors (Lipinski definition) is 6. The Hall–Kier alpha value is -1.74. The molecular formula is C19H17Cl2N3O3S2. The fourth-order valence-corrected chi connectivity index (χ4v) is 7.18. The van der Waals surface area contributed by atoms with Crippen LogP contribution in [0.25, 0.3) is 0 Å². The molecule has 2 N–H and O–H groups in total. The molecule has 0 aromatic heterocycles. The van der Waals surface area contributed by atoms with Crippen molar-refractivity contribution in [2.75, 3.05) is 16.8 Å². The minimum absolute atomic E-state index is 0.00563. The molecule has 1 saturated heterocycles. The van der Waals surface area contributed by atoms with Crippen molar-refractivity contribution < 1.29 is 13.2 Å². The molecule has 1 fully saturated rings. The van der Waals surface area contributed by atoms with E-state index in [1.165, 1.54) is 11.8 Å². The first kappa shape index (κ1) is 20.5. The summed E-state index contributed by atoms with van der Waals surface area (Å²) in [6.45, 7) is 0.342. The van der Waals surface area contributed by atoms with Crippen LogP contribution in [0.3, 0.4) is 0 Å². The summed E-state index contributed by atoms with van der Waals surface area (Å²) in [7, 11) is -2.96. The molecule has 0 spiro atoms. The number of nitrogens with one attached hydrogen (secondary N) is 2. The number of aliphatic imine (C=N–C) groups is 1. The highest BCUT2D eigenvalue weighted by atomic mass is 35.5. The first-order valence-corrected chi connectivity index (χ1v) is 12.3. The zero-order chi connectivity index (χ0) is 20.6. The number of carbonyl (C=O) groups excluding carboxylic acids is 1. The van der Waals surface area contributed by atoms with Crippen LogP contribution in [0.4, 0.5) is 5.69 Å². The van der Waals surface area contributed by atoms with Crippen molar-refractivity contribution in [3.63, 3.8) is 0 Å². The lowest BCUT2D eigenvalue weighted by molar-refractivity contribution is 0.0951. The van der Waals surface area contributed by atoms with Gasteiger partial charge in [0.15, 0.2) is 15.0 Å². The van der Waals surface area contributed by atoms with Crippen LogP contribution in [0, 0.1) is 0 Å². The van der Waals surface area contributed by atoms with Gasteiger partial charge in [0, 0.05) is 23.0 Å². The van der Waals surface area contributed by atoms with Gasteiger partial charge in [-0.05, 0) is 42.0 Å². The van der Waals surface area contributed by atoms with Crippen molar-refractivity contribution in [3.05, 3.63) is 63.6 Å². The Morgan fingerprint density at radius 3 is 2.55 bits per heavy atom. The Kier molecular flexibility index (Phi) is 5.79. The fourth-order valence-electron chi connectivity index (χ4n) is 3.18. The normalized spacial score (nSPS) is 22.1. The zero-order valence-corrected chi connectivity index (χ0v) is 18.2. The predicted octanol–water partition coefficient (Wildman–Crippen LogP) is 3.60. The van der Waals surface area contributed by atoms with Crippen LogP contribution >= 0.6 is 35.0 Å². The summed E-state index contributed by atoms with van der Waals surface area (Å²) in [4.78, 5) is 16.8. The van der Waals surface area contributed by atoms with Gasteiger partial charge in [-0.3, -0.25) is 9.79 Å². The van der Waals surface area contributed by atoms with Gasteiger partial charge in [0.05, 0.1) is 27.6 Å². The Bertz CT molecular complexity index is 1090. The van der Waals surface area contributed by atoms with Gasteiger partial charge in [-0.15, -0.1) is 0 Å². The van der Waals surface area contributed by atoms with Crippen molar-refractivity contribution in [2.24, 2.45) is 4.99 Å². The van der Waals surface area contributed by atoms with Crippen LogP contribution in [-0.4, -0.2) is 42.3 Å². The molecule has 152 valence electrons. The molecule has 2 aromatic carbocycles. The molecule has 2 atom stereocenters. The van der Waals surface area contributed by atoms with Crippen LogP contribution in [0.5, 0.6) is 0 Å². The molecule has 0 bridgehead atoms. The van der Waals surface area contributed by atoms with Crippen molar-refractivity contribution in [1.29, 1.82) is 0 Å². The maximum atomic E-state index is 12.3. The van der Waals surface area contributed by atoms with E-state index in [2.05, 4.69) is 15.6 Å². The quantitative estimate of drug-likeness (QED) is 0.713. The van der Waals surface area contributed by atoms with E-state index in [1.54, 1.807) is 36.4 Å². The third-order valence-electron chi connectivity index (χ3n) is 4.65. The van der Waals surface area contributed by atoms with Crippen LogP contribution in [0.2, 0.25) is 10.0 Å². The molecule has 2 unspecified atom stereocenters. The summed E-state index contributed by atoms with van der Waals surface area (Å²) in [6, 6.07) is 12.1. The third-order valence-corrected chi connectivity index (χ3v) is 8.53. The summed E-state index contributed by atoms with van der Waals surface area (Å²) >= 11 is 13.3. The smallest absolute Gasteiger partial charge is 0.251 e.